The fraction of sp³-hybridized carbons (Fsp3) is 0.333. The predicted octanol–water partition coefficient (Wildman–Crippen LogP) is 0.340. The molecule has 76 valence electrons. The van der Waals surface area contributed by atoms with Crippen molar-refractivity contribution in [1.82, 2.24) is 4.98 Å². The quantitative estimate of drug-likeness (QED) is 0.644. The second kappa shape index (κ2) is 4.45. The van der Waals surface area contributed by atoms with Crippen molar-refractivity contribution in [3.8, 4) is 0 Å². The number of amides is 1. The second-order valence-electron chi connectivity index (χ2n) is 2.94. The Labute approximate surface area is 82.5 Å². The lowest BCUT2D eigenvalue weighted by atomic mass is 10.2. The lowest BCUT2D eigenvalue weighted by Gasteiger charge is -2.15. The van der Waals surface area contributed by atoms with Gasteiger partial charge in [0.25, 0.3) is 0 Å². The number of nitrogens with zero attached hydrogens (tertiary/aromatic N) is 1. The molecule has 0 fully saturated rings. The maximum atomic E-state index is 10.9. The van der Waals surface area contributed by atoms with E-state index in [1.807, 2.05) is 6.92 Å². The summed E-state index contributed by atoms with van der Waals surface area (Å²) in [4.78, 5) is 14.8. The van der Waals surface area contributed by atoms with Crippen LogP contribution in [0.1, 0.15) is 13.3 Å². The Hall–Kier alpha value is -1.78. The monoisotopic (exact) mass is 194 g/mol. The smallest absolute Gasteiger partial charge is 0.239 e. The minimum absolute atomic E-state index is 0.368. The van der Waals surface area contributed by atoms with Crippen molar-refractivity contribution < 1.29 is 4.79 Å². The highest BCUT2D eigenvalue weighted by molar-refractivity contribution is 5.83. The van der Waals surface area contributed by atoms with Gasteiger partial charge in [0.15, 0.2) is 0 Å². The van der Waals surface area contributed by atoms with Gasteiger partial charge in [0.1, 0.15) is 11.9 Å². The zero-order valence-corrected chi connectivity index (χ0v) is 8.03. The van der Waals surface area contributed by atoms with Gasteiger partial charge in [0.05, 0.1) is 5.69 Å². The van der Waals surface area contributed by atoms with Crippen molar-refractivity contribution in [2.75, 3.05) is 11.1 Å². The molecule has 1 atom stereocenters. The van der Waals surface area contributed by atoms with Crippen LogP contribution < -0.4 is 16.8 Å². The second-order valence-corrected chi connectivity index (χ2v) is 2.94. The molecule has 0 saturated carbocycles. The van der Waals surface area contributed by atoms with Gasteiger partial charge in [-0.3, -0.25) is 4.79 Å². The highest BCUT2D eigenvalue weighted by atomic mass is 16.1. The number of hydrogen-bond acceptors (Lipinski definition) is 4. The zero-order valence-electron chi connectivity index (χ0n) is 8.03. The molecule has 1 aromatic heterocycles. The van der Waals surface area contributed by atoms with Gasteiger partial charge in [-0.25, -0.2) is 4.98 Å². The molecule has 0 spiro atoms. The minimum Gasteiger partial charge on any atom is -0.382 e. The molecule has 1 unspecified atom stereocenters. The van der Waals surface area contributed by atoms with Gasteiger partial charge >= 0.3 is 0 Å². The third-order valence-electron chi connectivity index (χ3n) is 1.92. The molecule has 0 aliphatic carbocycles. The van der Waals surface area contributed by atoms with E-state index in [0.717, 1.165) is 0 Å². The standard InChI is InChI=1S/C9H14N4O/c1-2-6(9(11)14)13-7-4-3-5-12-8(7)10/h3-6,13H,2H2,1H3,(H2,10,12)(H2,11,14). The molecule has 1 rings (SSSR count). The molecule has 0 aliphatic rings. The van der Waals surface area contributed by atoms with Crippen LogP contribution in [-0.4, -0.2) is 16.9 Å². The number of hydrogen-bond donors (Lipinski definition) is 3. The summed E-state index contributed by atoms with van der Waals surface area (Å²) in [7, 11) is 0. The van der Waals surface area contributed by atoms with Crippen LogP contribution in [-0.2, 0) is 4.79 Å². The van der Waals surface area contributed by atoms with Crippen LogP contribution in [0.15, 0.2) is 18.3 Å². The molecular formula is C9H14N4O. The number of carbonyl (C=O) groups is 1. The van der Waals surface area contributed by atoms with Gasteiger partial charge in [0, 0.05) is 6.20 Å². The van der Waals surface area contributed by atoms with Crippen molar-refractivity contribution >= 4 is 17.4 Å². The van der Waals surface area contributed by atoms with E-state index in [4.69, 9.17) is 11.5 Å². The van der Waals surface area contributed by atoms with Gasteiger partial charge in [-0.15, -0.1) is 0 Å². The van der Waals surface area contributed by atoms with E-state index >= 15 is 0 Å². The van der Waals surface area contributed by atoms with E-state index in [1.54, 1.807) is 18.3 Å². The van der Waals surface area contributed by atoms with Gasteiger partial charge in [-0.2, -0.15) is 0 Å². The maximum Gasteiger partial charge on any atom is 0.239 e. The normalized spacial score (nSPS) is 12.1. The fourth-order valence-corrected chi connectivity index (χ4v) is 1.10. The van der Waals surface area contributed by atoms with E-state index < -0.39 is 11.9 Å². The number of nitrogens with one attached hydrogen (secondary N) is 1. The number of nitrogen functional groups attached to an aromatic ring is 1. The lowest BCUT2D eigenvalue weighted by molar-refractivity contribution is -0.118. The lowest BCUT2D eigenvalue weighted by Crippen LogP contribution is -2.35. The molecule has 0 aromatic carbocycles. The molecule has 0 bridgehead atoms. The van der Waals surface area contributed by atoms with Crippen LogP contribution in [0, 0.1) is 0 Å². The van der Waals surface area contributed by atoms with Crippen molar-refractivity contribution in [2.24, 2.45) is 5.73 Å². The average Bonchev–Trinajstić information content (AvgIpc) is 2.16. The van der Waals surface area contributed by atoms with E-state index in [2.05, 4.69) is 10.3 Å². The molecule has 5 nitrogen and oxygen atoms in total. The Morgan fingerprint density at radius 3 is 2.93 bits per heavy atom. The summed E-state index contributed by atoms with van der Waals surface area (Å²) in [6, 6.07) is 3.10. The molecule has 1 amide bonds. The predicted molar refractivity (Wildman–Crippen MR) is 55.5 cm³/mol. The van der Waals surface area contributed by atoms with E-state index in [1.165, 1.54) is 0 Å². The minimum atomic E-state index is -0.401. The number of aromatic nitrogens is 1. The molecule has 5 N–H and O–H groups in total. The molecule has 1 aromatic rings. The number of carbonyl (C=O) groups excluding carboxylic acids is 1. The van der Waals surface area contributed by atoms with E-state index in [9.17, 15) is 4.79 Å². The molecule has 0 radical (unpaired) electrons. The molecule has 5 heteroatoms. The van der Waals surface area contributed by atoms with Gasteiger partial charge < -0.3 is 16.8 Å². The van der Waals surface area contributed by atoms with Crippen LogP contribution in [0.4, 0.5) is 11.5 Å². The first kappa shape index (κ1) is 10.3. The Morgan fingerprint density at radius 1 is 1.71 bits per heavy atom. The zero-order chi connectivity index (χ0) is 10.6. The SMILES string of the molecule is CCC(Nc1cccnc1N)C(N)=O. The molecule has 0 aliphatic heterocycles. The average molecular weight is 194 g/mol. The highest BCUT2D eigenvalue weighted by Crippen LogP contribution is 2.15. The topological polar surface area (TPSA) is 94.0 Å². The number of rotatable bonds is 4. The molecule has 14 heavy (non-hydrogen) atoms. The third-order valence-corrected chi connectivity index (χ3v) is 1.92. The van der Waals surface area contributed by atoms with Gasteiger partial charge in [0.2, 0.25) is 5.91 Å². The summed E-state index contributed by atoms with van der Waals surface area (Å²) >= 11 is 0. The van der Waals surface area contributed by atoms with Crippen molar-refractivity contribution in [3.05, 3.63) is 18.3 Å². The summed E-state index contributed by atoms with van der Waals surface area (Å²) in [5, 5.41) is 2.93. The summed E-state index contributed by atoms with van der Waals surface area (Å²) in [5.74, 6) is -0.0250. The first-order valence-electron chi connectivity index (χ1n) is 4.41. The van der Waals surface area contributed by atoms with Crippen LogP contribution in [0.5, 0.6) is 0 Å². The van der Waals surface area contributed by atoms with E-state index in [0.29, 0.717) is 17.9 Å². The number of anilines is 2. The number of nitrogens with two attached hydrogens (primary N) is 2. The largest absolute Gasteiger partial charge is 0.382 e. The third kappa shape index (κ3) is 2.35. The van der Waals surface area contributed by atoms with Crippen LogP contribution >= 0.6 is 0 Å². The van der Waals surface area contributed by atoms with Crippen molar-refractivity contribution in [3.63, 3.8) is 0 Å². The summed E-state index contributed by atoms with van der Waals surface area (Å²) < 4.78 is 0. The number of pyridine rings is 1. The first-order valence-corrected chi connectivity index (χ1v) is 4.41. The number of primary amides is 1. The van der Waals surface area contributed by atoms with Crippen molar-refractivity contribution in [2.45, 2.75) is 19.4 Å². The fourth-order valence-electron chi connectivity index (χ4n) is 1.10. The Balaban J connectivity index is 2.77. The first-order chi connectivity index (χ1) is 6.65. The maximum absolute atomic E-state index is 10.9. The molecule has 0 saturated heterocycles. The van der Waals surface area contributed by atoms with Gasteiger partial charge in [-0.1, -0.05) is 6.92 Å². The molecular weight excluding hydrogens is 180 g/mol. The highest BCUT2D eigenvalue weighted by Gasteiger charge is 2.13. The van der Waals surface area contributed by atoms with Gasteiger partial charge in [-0.05, 0) is 18.6 Å². The van der Waals surface area contributed by atoms with Crippen LogP contribution in [0.3, 0.4) is 0 Å². The summed E-state index contributed by atoms with van der Waals surface area (Å²) in [6.45, 7) is 1.87. The van der Waals surface area contributed by atoms with E-state index in [-0.39, 0.29) is 0 Å². The van der Waals surface area contributed by atoms with Crippen LogP contribution in [0.2, 0.25) is 0 Å². The Morgan fingerprint density at radius 2 is 2.43 bits per heavy atom. The Bertz CT molecular complexity index is 326. The molecule has 1 heterocycles. The Kier molecular flexibility index (Phi) is 3.28. The van der Waals surface area contributed by atoms with Crippen LogP contribution in [0.25, 0.3) is 0 Å². The van der Waals surface area contributed by atoms with Crippen molar-refractivity contribution in [1.29, 1.82) is 0 Å². The summed E-state index contributed by atoms with van der Waals surface area (Å²) in [5.41, 5.74) is 11.4. The summed E-state index contributed by atoms with van der Waals surface area (Å²) in [6.07, 6.45) is 2.20.